The van der Waals surface area contributed by atoms with Crippen LogP contribution in [0.15, 0.2) is 90.3 Å². The number of para-hydroxylation sites is 1. The van der Waals surface area contributed by atoms with Crippen LogP contribution in [0, 0.1) is 5.92 Å². The van der Waals surface area contributed by atoms with Gasteiger partial charge in [-0.2, -0.15) is 0 Å². The average Bonchev–Trinajstić information content (AvgIpc) is 2.82. The number of benzene rings is 3. The van der Waals surface area contributed by atoms with Crippen molar-refractivity contribution in [2.45, 2.75) is 19.9 Å². The maximum Gasteiger partial charge on any atom is 0.255 e. The maximum absolute atomic E-state index is 12.6. The van der Waals surface area contributed by atoms with Crippen LogP contribution in [0.25, 0.3) is 6.08 Å². The van der Waals surface area contributed by atoms with Crippen LogP contribution < -0.4 is 15.4 Å². The standard InChI is InChI=1S/C26H29N3O3S/c1-20(2)25(28-23-11-7-4-8-12-23)19-27-26(30)22-13-15-24(16-14-22)29-33(31,32)18-17-21-9-5-3-6-10-21/h3-18,20,25,28-29H,19H2,1-2H3,(H,27,30)/b18-17+. The fraction of sp³-hybridized carbons (Fsp3) is 0.192. The highest BCUT2D eigenvalue weighted by atomic mass is 32.2. The van der Waals surface area contributed by atoms with Crippen LogP contribution in [0.3, 0.4) is 0 Å². The first kappa shape index (κ1) is 24.1. The zero-order valence-corrected chi connectivity index (χ0v) is 19.5. The van der Waals surface area contributed by atoms with Crippen molar-refractivity contribution in [1.29, 1.82) is 0 Å². The van der Waals surface area contributed by atoms with E-state index in [2.05, 4.69) is 29.2 Å². The Labute approximate surface area is 195 Å². The summed E-state index contributed by atoms with van der Waals surface area (Å²) in [5.41, 5.74) is 2.63. The topological polar surface area (TPSA) is 87.3 Å². The van der Waals surface area contributed by atoms with E-state index in [9.17, 15) is 13.2 Å². The third-order valence-corrected chi connectivity index (χ3v) is 6.07. The lowest BCUT2D eigenvalue weighted by molar-refractivity contribution is 0.0950. The fourth-order valence-corrected chi connectivity index (χ4v) is 4.00. The Morgan fingerprint density at radius 1 is 0.848 bits per heavy atom. The summed E-state index contributed by atoms with van der Waals surface area (Å²) in [6, 6.07) is 25.5. The number of carbonyl (C=O) groups is 1. The molecule has 3 aromatic carbocycles. The molecule has 0 fully saturated rings. The number of anilines is 2. The lowest BCUT2D eigenvalue weighted by atomic mass is 10.0. The van der Waals surface area contributed by atoms with E-state index >= 15 is 0 Å². The first-order valence-electron chi connectivity index (χ1n) is 10.8. The van der Waals surface area contributed by atoms with E-state index in [1.807, 2.05) is 60.7 Å². The normalized spacial score (nSPS) is 12.5. The van der Waals surface area contributed by atoms with Crippen LogP contribution in [0.1, 0.15) is 29.8 Å². The second-order valence-corrected chi connectivity index (χ2v) is 9.58. The van der Waals surface area contributed by atoms with Gasteiger partial charge in [0.1, 0.15) is 0 Å². The van der Waals surface area contributed by atoms with Gasteiger partial charge in [-0.25, -0.2) is 8.42 Å². The van der Waals surface area contributed by atoms with Gasteiger partial charge in [-0.1, -0.05) is 62.4 Å². The summed E-state index contributed by atoms with van der Waals surface area (Å²) in [5, 5.41) is 7.52. The van der Waals surface area contributed by atoms with Gasteiger partial charge in [-0.15, -0.1) is 0 Å². The van der Waals surface area contributed by atoms with Crippen LogP contribution in [0.5, 0.6) is 0 Å². The third kappa shape index (κ3) is 7.80. The van der Waals surface area contributed by atoms with Gasteiger partial charge in [-0.05, 0) is 54.0 Å². The molecule has 1 atom stereocenters. The molecular weight excluding hydrogens is 434 g/mol. The summed E-state index contributed by atoms with van der Waals surface area (Å²) >= 11 is 0. The molecule has 0 saturated carbocycles. The van der Waals surface area contributed by atoms with Crippen molar-refractivity contribution in [1.82, 2.24) is 5.32 Å². The van der Waals surface area contributed by atoms with Gasteiger partial charge in [0.15, 0.2) is 0 Å². The van der Waals surface area contributed by atoms with E-state index in [0.29, 0.717) is 23.7 Å². The second kappa shape index (κ2) is 11.3. The van der Waals surface area contributed by atoms with Gasteiger partial charge in [0, 0.05) is 29.5 Å². The summed E-state index contributed by atoms with van der Waals surface area (Å²) in [5.74, 6) is 0.0973. The van der Waals surface area contributed by atoms with Crippen molar-refractivity contribution in [3.63, 3.8) is 0 Å². The van der Waals surface area contributed by atoms with Crippen LogP contribution in [0.4, 0.5) is 11.4 Å². The third-order valence-electron chi connectivity index (χ3n) is 5.06. The van der Waals surface area contributed by atoms with Crippen molar-refractivity contribution < 1.29 is 13.2 Å². The Morgan fingerprint density at radius 2 is 1.45 bits per heavy atom. The summed E-state index contributed by atoms with van der Waals surface area (Å²) in [6.07, 6.45) is 1.53. The largest absolute Gasteiger partial charge is 0.380 e. The van der Waals surface area contributed by atoms with Crippen molar-refractivity contribution in [3.05, 3.63) is 101 Å². The zero-order valence-electron chi connectivity index (χ0n) is 18.7. The molecule has 0 radical (unpaired) electrons. The van der Waals surface area contributed by atoms with E-state index in [-0.39, 0.29) is 11.9 Å². The first-order valence-corrected chi connectivity index (χ1v) is 12.3. The minimum absolute atomic E-state index is 0.0684. The molecule has 0 aliphatic rings. The Kier molecular flexibility index (Phi) is 8.27. The highest BCUT2D eigenvalue weighted by Crippen LogP contribution is 2.14. The van der Waals surface area contributed by atoms with Crippen LogP contribution in [-0.2, 0) is 10.0 Å². The monoisotopic (exact) mass is 463 g/mol. The number of hydrogen-bond donors (Lipinski definition) is 3. The van der Waals surface area contributed by atoms with Crippen molar-refractivity contribution in [2.75, 3.05) is 16.6 Å². The first-order chi connectivity index (χ1) is 15.8. The van der Waals surface area contributed by atoms with Gasteiger partial charge >= 0.3 is 0 Å². The minimum atomic E-state index is -3.67. The summed E-state index contributed by atoms with van der Waals surface area (Å²) in [7, 11) is -3.67. The lowest BCUT2D eigenvalue weighted by Gasteiger charge is -2.24. The molecule has 1 unspecified atom stereocenters. The summed E-state index contributed by atoms with van der Waals surface area (Å²) in [6.45, 7) is 4.66. The lowest BCUT2D eigenvalue weighted by Crippen LogP contribution is -2.39. The van der Waals surface area contributed by atoms with Gasteiger partial charge in [0.25, 0.3) is 15.9 Å². The van der Waals surface area contributed by atoms with Crippen LogP contribution >= 0.6 is 0 Å². The van der Waals surface area contributed by atoms with E-state index in [0.717, 1.165) is 16.7 Å². The molecule has 7 heteroatoms. The van der Waals surface area contributed by atoms with Crippen molar-refractivity contribution in [3.8, 4) is 0 Å². The number of nitrogens with one attached hydrogen (secondary N) is 3. The molecule has 0 bridgehead atoms. The number of amides is 1. The van der Waals surface area contributed by atoms with E-state index < -0.39 is 10.0 Å². The van der Waals surface area contributed by atoms with Crippen LogP contribution in [0.2, 0.25) is 0 Å². The molecule has 0 aliphatic heterocycles. The Balaban J connectivity index is 1.56. The second-order valence-electron chi connectivity index (χ2n) is 8.01. The van der Waals surface area contributed by atoms with E-state index in [1.165, 1.54) is 6.08 Å². The summed E-state index contributed by atoms with van der Waals surface area (Å²) < 4.78 is 27.1. The molecule has 33 heavy (non-hydrogen) atoms. The quantitative estimate of drug-likeness (QED) is 0.396. The van der Waals surface area contributed by atoms with E-state index in [4.69, 9.17) is 0 Å². The van der Waals surface area contributed by atoms with Crippen molar-refractivity contribution in [2.24, 2.45) is 5.92 Å². The molecule has 3 aromatic rings. The highest BCUT2D eigenvalue weighted by Gasteiger charge is 2.15. The number of hydrogen-bond acceptors (Lipinski definition) is 4. The van der Waals surface area contributed by atoms with Gasteiger partial charge in [0.05, 0.1) is 5.41 Å². The van der Waals surface area contributed by atoms with Gasteiger partial charge < -0.3 is 10.6 Å². The van der Waals surface area contributed by atoms with E-state index in [1.54, 1.807) is 24.3 Å². The van der Waals surface area contributed by atoms with Gasteiger partial charge in [-0.3, -0.25) is 9.52 Å². The SMILES string of the molecule is CC(C)C(CNC(=O)c1ccc(NS(=O)(=O)/C=C/c2ccccc2)cc1)Nc1ccccc1. The van der Waals surface area contributed by atoms with Gasteiger partial charge in [0.2, 0.25) is 0 Å². The molecule has 172 valence electrons. The van der Waals surface area contributed by atoms with Crippen molar-refractivity contribution >= 4 is 33.4 Å². The predicted molar refractivity (Wildman–Crippen MR) is 135 cm³/mol. The Morgan fingerprint density at radius 3 is 2.06 bits per heavy atom. The molecule has 3 N–H and O–H groups in total. The number of sulfonamides is 1. The summed E-state index contributed by atoms with van der Waals surface area (Å²) in [4.78, 5) is 12.6. The molecule has 1 amide bonds. The molecule has 0 aliphatic carbocycles. The highest BCUT2D eigenvalue weighted by molar-refractivity contribution is 7.95. The molecule has 3 rings (SSSR count). The smallest absolute Gasteiger partial charge is 0.255 e. The van der Waals surface area contributed by atoms with Crippen LogP contribution in [-0.4, -0.2) is 26.9 Å². The zero-order chi connectivity index (χ0) is 23.7. The minimum Gasteiger partial charge on any atom is -0.380 e. The molecule has 0 saturated heterocycles. The molecule has 0 heterocycles. The molecule has 6 nitrogen and oxygen atoms in total. The predicted octanol–water partition coefficient (Wildman–Crippen LogP) is 4.97. The fourth-order valence-electron chi connectivity index (χ4n) is 3.13. The average molecular weight is 464 g/mol. The Hall–Kier alpha value is -3.58. The maximum atomic E-state index is 12.6. The molecule has 0 aromatic heterocycles. The number of carbonyl (C=O) groups excluding carboxylic acids is 1. The Bertz CT molecular complexity index is 1160. The molecular formula is C26H29N3O3S. The number of rotatable bonds is 10. The molecule has 0 spiro atoms.